The molecule has 0 unspecified atom stereocenters. The molecule has 0 bridgehead atoms. The lowest BCUT2D eigenvalue weighted by atomic mass is 9.67. The Morgan fingerprint density at radius 3 is 1.71 bits per heavy atom. The van der Waals surface area contributed by atoms with Crippen LogP contribution in [0.25, 0.3) is 5.57 Å². The van der Waals surface area contributed by atoms with Gasteiger partial charge in [-0.15, -0.1) is 0 Å². The minimum Gasteiger partial charge on any atom is -0.0987 e. The van der Waals surface area contributed by atoms with E-state index in [1.165, 1.54) is 33.4 Å². The van der Waals surface area contributed by atoms with Crippen LogP contribution in [-0.4, -0.2) is 0 Å². The number of hydrogen-bond acceptors (Lipinski definition) is 0. The van der Waals surface area contributed by atoms with E-state index in [1.54, 1.807) is 0 Å². The van der Waals surface area contributed by atoms with E-state index < -0.39 is 0 Å². The van der Waals surface area contributed by atoms with Crippen molar-refractivity contribution in [1.29, 1.82) is 0 Å². The highest BCUT2D eigenvalue weighted by molar-refractivity contribution is 5.91. The van der Waals surface area contributed by atoms with Crippen molar-refractivity contribution in [1.82, 2.24) is 0 Å². The average molecular weight is 365 g/mol. The lowest BCUT2D eigenvalue weighted by Crippen LogP contribution is -2.29. The molecule has 1 aliphatic rings. The van der Waals surface area contributed by atoms with Gasteiger partial charge < -0.3 is 0 Å². The van der Waals surface area contributed by atoms with E-state index in [2.05, 4.69) is 111 Å². The Labute approximate surface area is 169 Å². The van der Waals surface area contributed by atoms with Crippen molar-refractivity contribution in [2.45, 2.75) is 26.2 Å². The van der Waals surface area contributed by atoms with Gasteiger partial charge in [-0.1, -0.05) is 124 Å². The summed E-state index contributed by atoms with van der Waals surface area (Å²) in [5, 5.41) is 0. The first-order valence-electron chi connectivity index (χ1n) is 10.0. The molecule has 1 aliphatic carbocycles. The maximum absolute atomic E-state index is 4.21. The van der Waals surface area contributed by atoms with Gasteiger partial charge in [-0.05, 0) is 40.3 Å². The fourth-order valence-corrected chi connectivity index (χ4v) is 4.31. The van der Waals surface area contributed by atoms with E-state index in [0.717, 1.165) is 0 Å². The van der Waals surface area contributed by atoms with Crippen LogP contribution in [0.2, 0.25) is 0 Å². The van der Waals surface area contributed by atoms with Crippen LogP contribution < -0.4 is 0 Å². The molecule has 0 nitrogen and oxygen atoms in total. The summed E-state index contributed by atoms with van der Waals surface area (Å²) in [5.74, 6) is 0. The summed E-state index contributed by atoms with van der Waals surface area (Å²) >= 11 is 0. The minimum atomic E-state index is -0.338. The molecule has 0 radical (unpaired) electrons. The van der Waals surface area contributed by atoms with Crippen molar-refractivity contribution in [3.05, 3.63) is 138 Å². The summed E-state index contributed by atoms with van der Waals surface area (Å²) in [6.07, 6.45) is 6.36. The van der Waals surface area contributed by atoms with Gasteiger partial charge in [0.05, 0.1) is 5.41 Å². The van der Waals surface area contributed by atoms with Gasteiger partial charge in [0.1, 0.15) is 0 Å². The number of fused-ring (bicyclic) bond motifs is 1. The van der Waals surface area contributed by atoms with Crippen molar-refractivity contribution < 1.29 is 0 Å². The van der Waals surface area contributed by atoms with Gasteiger partial charge >= 0.3 is 0 Å². The topological polar surface area (TPSA) is 0 Å². The standard InChI is InChI=1S/C26H22.C2H6/c1-3-13-22-23-18-11-12-19-25(23)26(24(22)4-2,20-14-7-5-8-15-20)21-16-9-6-10-17-21;1-2/h3-19H,2H2,1H3;1-2H3/b13-3-;. The van der Waals surface area contributed by atoms with Crippen molar-refractivity contribution >= 4 is 5.57 Å². The smallest absolute Gasteiger partial charge is 0.0713 e. The second kappa shape index (κ2) is 8.71. The number of benzene rings is 3. The molecule has 4 rings (SSSR count). The molecular weight excluding hydrogens is 336 g/mol. The second-order valence-electron chi connectivity index (χ2n) is 6.56. The molecule has 0 heterocycles. The first-order valence-corrected chi connectivity index (χ1v) is 10.0. The Morgan fingerprint density at radius 2 is 1.21 bits per heavy atom. The second-order valence-corrected chi connectivity index (χ2v) is 6.56. The lowest BCUT2D eigenvalue weighted by Gasteiger charge is -2.34. The molecule has 0 heteroatoms. The van der Waals surface area contributed by atoms with Gasteiger partial charge in [0.15, 0.2) is 0 Å². The van der Waals surface area contributed by atoms with Crippen LogP contribution in [0.1, 0.15) is 43.0 Å². The Bertz CT molecular complexity index is 949. The Hall–Kier alpha value is -3.12. The van der Waals surface area contributed by atoms with Gasteiger partial charge in [0, 0.05) is 0 Å². The molecule has 0 saturated carbocycles. The Kier molecular flexibility index (Phi) is 6.11. The SMILES string of the molecule is C=CC1=C(/C=C\C)c2ccccc2C1(c1ccccc1)c1ccccc1.CC. The van der Waals surface area contributed by atoms with Crippen molar-refractivity contribution in [3.63, 3.8) is 0 Å². The molecule has 0 atom stereocenters. The van der Waals surface area contributed by atoms with Crippen LogP contribution in [0, 0.1) is 0 Å². The summed E-state index contributed by atoms with van der Waals surface area (Å²) in [5.41, 5.74) is 7.31. The molecule has 0 aromatic heterocycles. The van der Waals surface area contributed by atoms with Crippen LogP contribution in [0.4, 0.5) is 0 Å². The van der Waals surface area contributed by atoms with Gasteiger partial charge in [0.2, 0.25) is 0 Å². The first-order chi connectivity index (χ1) is 13.8. The first kappa shape index (κ1) is 19.6. The van der Waals surface area contributed by atoms with Crippen molar-refractivity contribution in [2.24, 2.45) is 0 Å². The number of allylic oxidation sites excluding steroid dienone is 5. The Morgan fingerprint density at radius 1 is 0.714 bits per heavy atom. The van der Waals surface area contributed by atoms with Gasteiger partial charge in [0.25, 0.3) is 0 Å². The van der Waals surface area contributed by atoms with E-state index in [1.807, 2.05) is 19.9 Å². The molecule has 0 fully saturated rings. The average Bonchev–Trinajstić information content (AvgIpc) is 3.07. The zero-order chi connectivity index (χ0) is 20.0. The van der Waals surface area contributed by atoms with Crippen molar-refractivity contribution in [3.8, 4) is 0 Å². The quantitative estimate of drug-likeness (QED) is 0.447. The monoisotopic (exact) mass is 364 g/mol. The molecule has 0 aliphatic heterocycles. The maximum atomic E-state index is 4.21. The molecule has 0 amide bonds. The molecular formula is C28H28. The lowest BCUT2D eigenvalue weighted by molar-refractivity contribution is 0.762. The predicted molar refractivity (Wildman–Crippen MR) is 122 cm³/mol. The van der Waals surface area contributed by atoms with E-state index >= 15 is 0 Å². The third-order valence-electron chi connectivity index (χ3n) is 5.27. The van der Waals surface area contributed by atoms with Crippen LogP contribution in [0.5, 0.6) is 0 Å². The third kappa shape index (κ3) is 2.96. The maximum Gasteiger partial charge on any atom is 0.0713 e. The van der Waals surface area contributed by atoms with Gasteiger partial charge in [-0.3, -0.25) is 0 Å². The van der Waals surface area contributed by atoms with Crippen LogP contribution in [0.15, 0.2) is 115 Å². The molecule has 0 saturated heterocycles. The van der Waals surface area contributed by atoms with Crippen molar-refractivity contribution in [2.75, 3.05) is 0 Å². The van der Waals surface area contributed by atoms with E-state index in [-0.39, 0.29) is 5.41 Å². The predicted octanol–water partition coefficient (Wildman–Crippen LogP) is 7.58. The van der Waals surface area contributed by atoms with Gasteiger partial charge in [-0.25, -0.2) is 0 Å². The highest BCUT2D eigenvalue weighted by atomic mass is 14.5. The summed E-state index contributed by atoms with van der Waals surface area (Å²) < 4.78 is 0. The fraction of sp³-hybridized carbons (Fsp3) is 0.143. The summed E-state index contributed by atoms with van der Waals surface area (Å²) in [4.78, 5) is 0. The normalized spacial score (nSPS) is 14.4. The summed E-state index contributed by atoms with van der Waals surface area (Å²) in [6.45, 7) is 10.3. The zero-order valence-electron chi connectivity index (χ0n) is 17.0. The molecule has 0 spiro atoms. The minimum absolute atomic E-state index is 0.338. The molecule has 140 valence electrons. The number of hydrogen-bond donors (Lipinski definition) is 0. The highest BCUT2D eigenvalue weighted by Crippen LogP contribution is 2.54. The summed E-state index contributed by atoms with van der Waals surface area (Å²) in [7, 11) is 0. The zero-order valence-corrected chi connectivity index (χ0v) is 17.0. The van der Waals surface area contributed by atoms with E-state index in [9.17, 15) is 0 Å². The molecule has 3 aromatic carbocycles. The van der Waals surface area contributed by atoms with Crippen LogP contribution in [-0.2, 0) is 5.41 Å². The van der Waals surface area contributed by atoms with Gasteiger partial charge in [-0.2, -0.15) is 0 Å². The van der Waals surface area contributed by atoms with Crippen LogP contribution in [0.3, 0.4) is 0 Å². The third-order valence-corrected chi connectivity index (χ3v) is 5.27. The van der Waals surface area contributed by atoms with E-state index in [0.29, 0.717) is 0 Å². The molecule has 3 aromatic rings. The fourth-order valence-electron chi connectivity index (χ4n) is 4.31. The molecule has 28 heavy (non-hydrogen) atoms. The van der Waals surface area contributed by atoms with E-state index in [4.69, 9.17) is 0 Å². The van der Waals surface area contributed by atoms with Crippen LogP contribution >= 0.6 is 0 Å². The highest BCUT2D eigenvalue weighted by Gasteiger charge is 2.45. The molecule has 0 N–H and O–H groups in total. The Balaban J connectivity index is 0.00000109. The summed E-state index contributed by atoms with van der Waals surface area (Å²) in [6, 6.07) is 30.3. The largest absolute Gasteiger partial charge is 0.0987 e. The number of rotatable bonds is 4.